The van der Waals surface area contributed by atoms with Gasteiger partial charge in [-0.15, -0.1) is 0 Å². The summed E-state index contributed by atoms with van der Waals surface area (Å²) < 4.78 is 5.46. The Balaban J connectivity index is 2.46. The molecule has 0 spiro atoms. The summed E-state index contributed by atoms with van der Waals surface area (Å²) in [4.78, 5) is 10.7. The minimum atomic E-state index is -0.834. The second-order valence-electron chi connectivity index (χ2n) is 3.74. The largest absolute Gasteiger partial charge is 0.478 e. The number of nitrogens with two attached hydrogens (primary N) is 1. The van der Waals surface area contributed by atoms with Crippen molar-refractivity contribution < 1.29 is 14.6 Å². The molecule has 4 heteroatoms. The van der Waals surface area contributed by atoms with Crippen LogP contribution < -0.4 is 5.73 Å². The molecule has 0 heterocycles. The van der Waals surface area contributed by atoms with Gasteiger partial charge >= 0.3 is 5.97 Å². The summed E-state index contributed by atoms with van der Waals surface area (Å²) in [7, 11) is 0. The Morgan fingerprint density at radius 2 is 2.57 bits per heavy atom. The third kappa shape index (κ3) is 3.47. The molecule has 3 N–H and O–H groups in total. The van der Waals surface area contributed by atoms with Gasteiger partial charge in [-0.2, -0.15) is 0 Å². The molecule has 0 fully saturated rings. The zero-order valence-corrected chi connectivity index (χ0v) is 8.40. The van der Waals surface area contributed by atoms with Crippen molar-refractivity contribution in [1.82, 2.24) is 0 Å². The maximum absolute atomic E-state index is 10.7. The molecule has 2 atom stereocenters. The molecule has 0 saturated carbocycles. The van der Waals surface area contributed by atoms with Gasteiger partial charge in [-0.3, -0.25) is 0 Å². The van der Waals surface area contributed by atoms with Crippen LogP contribution in [0.2, 0.25) is 0 Å². The van der Waals surface area contributed by atoms with E-state index in [4.69, 9.17) is 15.6 Å². The molecule has 0 bridgehead atoms. The molecule has 0 radical (unpaired) electrons. The number of carboxylic acids is 1. The van der Waals surface area contributed by atoms with Gasteiger partial charge in [0.15, 0.2) is 0 Å². The first-order chi connectivity index (χ1) is 6.59. The van der Waals surface area contributed by atoms with E-state index in [0.29, 0.717) is 18.6 Å². The Kier molecular flexibility index (Phi) is 4.10. The first-order valence-electron chi connectivity index (χ1n) is 4.90. The van der Waals surface area contributed by atoms with E-state index in [9.17, 15) is 4.79 Å². The topological polar surface area (TPSA) is 72.5 Å². The number of rotatable bonds is 4. The Labute approximate surface area is 83.7 Å². The number of aliphatic carboxylic acids is 1. The normalized spacial score (nSPS) is 24.1. The van der Waals surface area contributed by atoms with Crippen LogP contribution in [0, 0.1) is 0 Å². The van der Waals surface area contributed by atoms with Crippen molar-refractivity contribution in [2.75, 3.05) is 6.61 Å². The van der Waals surface area contributed by atoms with E-state index in [1.165, 1.54) is 0 Å². The maximum Gasteiger partial charge on any atom is 0.331 e. The van der Waals surface area contributed by atoms with Crippen LogP contribution in [0.15, 0.2) is 11.6 Å². The Bertz CT molecular complexity index is 236. The molecule has 0 aromatic rings. The van der Waals surface area contributed by atoms with Crippen LogP contribution in [0.5, 0.6) is 0 Å². The second kappa shape index (κ2) is 5.12. The fourth-order valence-corrected chi connectivity index (χ4v) is 1.47. The zero-order chi connectivity index (χ0) is 10.6. The molecule has 1 aliphatic rings. The first kappa shape index (κ1) is 11.2. The van der Waals surface area contributed by atoms with Gasteiger partial charge in [0.25, 0.3) is 0 Å². The second-order valence-corrected chi connectivity index (χ2v) is 3.74. The van der Waals surface area contributed by atoms with Crippen molar-refractivity contribution in [3.63, 3.8) is 0 Å². The summed E-state index contributed by atoms with van der Waals surface area (Å²) >= 11 is 0. The fraction of sp³-hybridized carbons (Fsp3) is 0.700. The molecule has 1 rings (SSSR count). The van der Waals surface area contributed by atoms with Crippen LogP contribution in [0.25, 0.3) is 0 Å². The molecule has 1 aliphatic carbocycles. The van der Waals surface area contributed by atoms with Gasteiger partial charge in [-0.25, -0.2) is 4.79 Å². The van der Waals surface area contributed by atoms with Crippen molar-refractivity contribution in [3.8, 4) is 0 Å². The van der Waals surface area contributed by atoms with Crippen LogP contribution in [-0.2, 0) is 9.53 Å². The fourth-order valence-electron chi connectivity index (χ4n) is 1.47. The van der Waals surface area contributed by atoms with Crippen molar-refractivity contribution >= 4 is 5.97 Å². The number of ether oxygens (including phenoxy) is 1. The molecule has 4 nitrogen and oxygen atoms in total. The maximum atomic E-state index is 10.7. The van der Waals surface area contributed by atoms with Crippen LogP contribution in [0.3, 0.4) is 0 Å². The Hall–Kier alpha value is -0.870. The minimum absolute atomic E-state index is 0.00129. The smallest absolute Gasteiger partial charge is 0.331 e. The van der Waals surface area contributed by atoms with Crippen molar-refractivity contribution in [2.24, 2.45) is 5.73 Å². The van der Waals surface area contributed by atoms with E-state index in [-0.39, 0.29) is 12.1 Å². The summed E-state index contributed by atoms with van der Waals surface area (Å²) in [6.45, 7) is 2.35. The summed E-state index contributed by atoms with van der Waals surface area (Å²) in [6.07, 6.45) is 4.05. The molecule has 2 unspecified atom stereocenters. The summed E-state index contributed by atoms with van der Waals surface area (Å²) in [5, 5.41) is 8.78. The van der Waals surface area contributed by atoms with E-state index in [1.807, 2.05) is 6.92 Å². The molecule has 80 valence electrons. The molecule has 0 aromatic carbocycles. The van der Waals surface area contributed by atoms with Gasteiger partial charge in [-0.1, -0.05) is 0 Å². The predicted octanol–water partition coefficient (Wildman–Crippen LogP) is 0.914. The van der Waals surface area contributed by atoms with Crippen molar-refractivity contribution in [2.45, 2.75) is 38.3 Å². The lowest BCUT2D eigenvalue weighted by atomic mass is 9.97. The van der Waals surface area contributed by atoms with Crippen LogP contribution in [0.1, 0.15) is 26.2 Å². The third-order valence-corrected chi connectivity index (χ3v) is 2.17. The van der Waals surface area contributed by atoms with Gasteiger partial charge in [-0.05, 0) is 32.3 Å². The average Bonchev–Trinajstić information content (AvgIpc) is 2.15. The SMILES string of the molecule is CC(N)COC1C=C(C(=O)O)CCC1. The molecule has 14 heavy (non-hydrogen) atoms. The number of hydrogen-bond donors (Lipinski definition) is 2. The monoisotopic (exact) mass is 199 g/mol. The van der Waals surface area contributed by atoms with E-state index in [0.717, 1.165) is 12.8 Å². The minimum Gasteiger partial charge on any atom is -0.478 e. The van der Waals surface area contributed by atoms with Crippen LogP contribution in [-0.4, -0.2) is 29.8 Å². The molecule has 0 aromatic heterocycles. The standard InChI is InChI=1S/C10H17NO3/c1-7(11)6-14-9-4-2-3-8(5-9)10(12)13/h5,7,9H,2-4,6,11H2,1H3,(H,12,13). The van der Waals surface area contributed by atoms with Gasteiger partial charge in [0.05, 0.1) is 12.7 Å². The molecule has 0 aliphatic heterocycles. The molecular weight excluding hydrogens is 182 g/mol. The summed E-state index contributed by atoms with van der Waals surface area (Å²) in [5.74, 6) is -0.834. The number of hydrogen-bond acceptors (Lipinski definition) is 3. The highest BCUT2D eigenvalue weighted by Crippen LogP contribution is 2.20. The predicted molar refractivity (Wildman–Crippen MR) is 53.0 cm³/mol. The molecule has 0 amide bonds. The van der Waals surface area contributed by atoms with Gasteiger partial charge in [0.2, 0.25) is 0 Å². The molecular formula is C10H17NO3. The Morgan fingerprint density at radius 3 is 3.14 bits per heavy atom. The first-order valence-corrected chi connectivity index (χ1v) is 4.90. The van der Waals surface area contributed by atoms with Crippen LogP contribution >= 0.6 is 0 Å². The van der Waals surface area contributed by atoms with Crippen molar-refractivity contribution in [1.29, 1.82) is 0 Å². The van der Waals surface area contributed by atoms with E-state index in [2.05, 4.69) is 0 Å². The van der Waals surface area contributed by atoms with E-state index < -0.39 is 5.97 Å². The Morgan fingerprint density at radius 1 is 1.86 bits per heavy atom. The van der Waals surface area contributed by atoms with E-state index >= 15 is 0 Å². The highest BCUT2D eigenvalue weighted by atomic mass is 16.5. The van der Waals surface area contributed by atoms with Crippen molar-refractivity contribution in [3.05, 3.63) is 11.6 Å². The lowest BCUT2D eigenvalue weighted by Gasteiger charge is -2.20. The number of carboxylic acid groups (broad SMARTS) is 1. The summed E-state index contributed by atoms with van der Waals surface area (Å²) in [5.41, 5.74) is 6.01. The van der Waals surface area contributed by atoms with Gasteiger partial charge in [0, 0.05) is 11.6 Å². The average molecular weight is 199 g/mol. The number of carbonyl (C=O) groups is 1. The quantitative estimate of drug-likeness (QED) is 0.706. The highest BCUT2D eigenvalue weighted by molar-refractivity contribution is 5.86. The summed E-state index contributed by atoms with van der Waals surface area (Å²) in [6, 6.07) is -0.00129. The van der Waals surface area contributed by atoms with Crippen LogP contribution in [0.4, 0.5) is 0 Å². The lowest BCUT2D eigenvalue weighted by molar-refractivity contribution is -0.133. The highest BCUT2D eigenvalue weighted by Gasteiger charge is 2.18. The zero-order valence-electron chi connectivity index (χ0n) is 8.40. The third-order valence-electron chi connectivity index (χ3n) is 2.17. The molecule has 0 saturated heterocycles. The lowest BCUT2D eigenvalue weighted by Crippen LogP contribution is -2.27. The van der Waals surface area contributed by atoms with Gasteiger partial charge < -0.3 is 15.6 Å². The van der Waals surface area contributed by atoms with E-state index in [1.54, 1.807) is 6.08 Å². The van der Waals surface area contributed by atoms with Gasteiger partial charge in [0.1, 0.15) is 0 Å².